The maximum atomic E-state index is 13.3. The second kappa shape index (κ2) is 6.86. The van der Waals surface area contributed by atoms with Crippen molar-refractivity contribution in [1.82, 2.24) is 24.5 Å². The minimum absolute atomic E-state index is 0.278. The van der Waals surface area contributed by atoms with Crippen LogP contribution < -0.4 is 0 Å². The number of hydrogen-bond acceptors (Lipinski definition) is 3. The number of aryl methyl sites for hydroxylation is 1. The van der Waals surface area contributed by atoms with Gasteiger partial charge in [-0.05, 0) is 63.6 Å². The van der Waals surface area contributed by atoms with Crippen molar-refractivity contribution >= 4 is 50.1 Å². The summed E-state index contributed by atoms with van der Waals surface area (Å²) in [5, 5.41) is 8.95. The van der Waals surface area contributed by atoms with Gasteiger partial charge in [0, 0.05) is 21.2 Å². The normalized spacial score (nSPS) is 11.2. The van der Waals surface area contributed by atoms with E-state index in [4.69, 9.17) is 11.6 Å². The van der Waals surface area contributed by atoms with Crippen molar-refractivity contribution in [3.05, 3.63) is 49.2 Å². The summed E-state index contributed by atoms with van der Waals surface area (Å²) >= 11 is 11.8. The van der Waals surface area contributed by atoms with Crippen molar-refractivity contribution in [1.29, 1.82) is 0 Å². The quantitative estimate of drug-likeness (QED) is 0.490. The highest BCUT2D eigenvalue weighted by molar-refractivity contribution is 14.1. The van der Waals surface area contributed by atoms with Crippen LogP contribution in [-0.4, -0.2) is 24.5 Å². The van der Waals surface area contributed by atoms with Crippen LogP contribution in [0.1, 0.15) is 12.5 Å². The lowest BCUT2D eigenvalue weighted by atomic mass is 10.2. The van der Waals surface area contributed by atoms with Gasteiger partial charge in [0.2, 0.25) is 0 Å². The largest absolute Gasteiger partial charge is 0.257 e. The van der Waals surface area contributed by atoms with Crippen LogP contribution in [0.3, 0.4) is 0 Å². The van der Waals surface area contributed by atoms with Gasteiger partial charge in [-0.25, -0.2) is 14.1 Å². The number of halogens is 4. The molecule has 3 aromatic rings. The van der Waals surface area contributed by atoms with Gasteiger partial charge in [-0.2, -0.15) is 10.2 Å². The molecule has 3 rings (SSSR count). The lowest BCUT2D eigenvalue weighted by Gasteiger charge is -2.08. The number of hydrogen-bond donors (Lipinski definition) is 0. The van der Waals surface area contributed by atoms with E-state index in [1.165, 1.54) is 18.5 Å². The summed E-state index contributed by atoms with van der Waals surface area (Å²) in [6.45, 7) is 3.11. The lowest BCUT2D eigenvalue weighted by Crippen LogP contribution is -2.06. The minimum atomic E-state index is -0.278. The molecule has 23 heavy (non-hydrogen) atoms. The Morgan fingerprint density at radius 1 is 1.35 bits per heavy atom. The van der Waals surface area contributed by atoms with Crippen molar-refractivity contribution in [3.8, 4) is 11.4 Å². The number of benzene rings is 1. The first-order valence-electron chi connectivity index (χ1n) is 6.75. The summed E-state index contributed by atoms with van der Waals surface area (Å²) in [5.41, 5.74) is 1.65. The molecule has 0 amide bonds. The summed E-state index contributed by atoms with van der Waals surface area (Å²) < 4.78 is 18.4. The van der Waals surface area contributed by atoms with Gasteiger partial charge in [-0.15, -0.1) is 0 Å². The zero-order valence-corrected chi connectivity index (χ0v) is 16.5. The van der Waals surface area contributed by atoms with E-state index >= 15 is 0 Å². The molecule has 120 valence electrons. The molecule has 5 nitrogen and oxygen atoms in total. The van der Waals surface area contributed by atoms with Crippen molar-refractivity contribution in [2.24, 2.45) is 0 Å². The van der Waals surface area contributed by atoms with Crippen molar-refractivity contribution in [3.63, 3.8) is 0 Å². The monoisotopic (exact) mass is 509 g/mol. The molecule has 1 aromatic carbocycles. The predicted molar refractivity (Wildman–Crippen MR) is 97.8 cm³/mol. The molecule has 0 unspecified atom stereocenters. The topological polar surface area (TPSA) is 48.5 Å². The van der Waals surface area contributed by atoms with E-state index in [0.717, 1.165) is 19.3 Å². The molecule has 0 N–H and O–H groups in total. The van der Waals surface area contributed by atoms with Gasteiger partial charge < -0.3 is 0 Å². The van der Waals surface area contributed by atoms with E-state index in [-0.39, 0.29) is 5.82 Å². The van der Waals surface area contributed by atoms with Gasteiger partial charge in [0.15, 0.2) is 11.0 Å². The van der Waals surface area contributed by atoms with Crippen LogP contribution in [0, 0.1) is 9.39 Å². The van der Waals surface area contributed by atoms with Gasteiger partial charge in [0.05, 0.1) is 6.54 Å². The molecule has 0 aliphatic carbocycles. The second-order valence-electron chi connectivity index (χ2n) is 4.74. The smallest absolute Gasteiger partial charge is 0.159 e. The summed E-state index contributed by atoms with van der Waals surface area (Å²) in [4.78, 5) is 4.30. The van der Waals surface area contributed by atoms with Gasteiger partial charge in [-0.3, -0.25) is 4.68 Å². The zero-order chi connectivity index (χ0) is 16.6. The Bertz CT molecular complexity index is 863. The van der Waals surface area contributed by atoms with Gasteiger partial charge in [0.1, 0.15) is 16.7 Å². The predicted octanol–water partition coefficient (Wildman–Crippen LogP) is 4.37. The molecular weight excluding hydrogens is 499 g/mol. The maximum absolute atomic E-state index is 13.3. The van der Waals surface area contributed by atoms with E-state index in [0.29, 0.717) is 24.1 Å². The van der Waals surface area contributed by atoms with Gasteiger partial charge in [0.25, 0.3) is 0 Å². The Kier molecular flexibility index (Phi) is 5.02. The van der Waals surface area contributed by atoms with Gasteiger partial charge in [-0.1, -0.05) is 11.6 Å². The van der Waals surface area contributed by atoms with Crippen molar-refractivity contribution in [2.45, 2.75) is 20.0 Å². The van der Waals surface area contributed by atoms with Crippen molar-refractivity contribution in [2.75, 3.05) is 0 Å². The summed E-state index contributed by atoms with van der Waals surface area (Å²) in [5.74, 6) is 0.376. The van der Waals surface area contributed by atoms with Crippen LogP contribution in [-0.2, 0) is 13.1 Å². The SMILES string of the molecule is CCn1nc(Cl)c(Cn2ncnc2-c2ccc(F)cc2I)c1Br. The van der Waals surface area contributed by atoms with Crippen LogP contribution >= 0.6 is 50.1 Å². The summed E-state index contributed by atoms with van der Waals surface area (Å²) in [6, 6.07) is 4.57. The van der Waals surface area contributed by atoms with E-state index in [9.17, 15) is 4.39 Å². The molecule has 9 heteroatoms. The van der Waals surface area contributed by atoms with Gasteiger partial charge >= 0.3 is 0 Å². The molecule has 0 bridgehead atoms. The maximum Gasteiger partial charge on any atom is 0.159 e. The first kappa shape index (κ1) is 16.8. The van der Waals surface area contributed by atoms with Crippen LogP contribution in [0.5, 0.6) is 0 Å². The molecular formula is C14H11BrClFIN5. The average Bonchev–Trinajstić information content (AvgIpc) is 3.07. The molecule has 2 heterocycles. The fraction of sp³-hybridized carbons (Fsp3) is 0.214. The Morgan fingerprint density at radius 2 is 2.13 bits per heavy atom. The summed E-state index contributed by atoms with van der Waals surface area (Å²) in [7, 11) is 0. The highest BCUT2D eigenvalue weighted by Crippen LogP contribution is 2.28. The summed E-state index contributed by atoms with van der Waals surface area (Å²) in [6.07, 6.45) is 1.47. The molecule has 0 atom stereocenters. The van der Waals surface area contributed by atoms with Crippen LogP contribution in [0.25, 0.3) is 11.4 Å². The number of nitrogens with zero attached hydrogens (tertiary/aromatic N) is 5. The minimum Gasteiger partial charge on any atom is -0.257 e. The van der Waals surface area contributed by atoms with Crippen molar-refractivity contribution < 1.29 is 4.39 Å². The molecule has 0 aliphatic rings. The number of rotatable bonds is 4. The molecule has 0 aliphatic heterocycles. The van der Waals surface area contributed by atoms with E-state index in [2.05, 4.69) is 53.7 Å². The second-order valence-corrected chi connectivity index (χ2v) is 7.01. The lowest BCUT2D eigenvalue weighted by molar-refractivity contribution is 0.626. The van der Waals surface area contributed by atoms with Crippen LogP contribution in [0.4, 0.5) is 4.39 Å². The third kappa shape index (κ3) is 3.29. The Morgan fingerprint density at radius 3 is 2.78 bits per heavy atom. The third-order valence-electron chi connectivity index (χ3n) is 3.33. The fourth-order valence-electron chi connectivity index (χ4n) is 2.20. The highest BCUT2D eigenvalue weighted by Gasteiger charge is 2.18. The van der Waals surface area contributed by atoms with E-state index in [1.54, 1.807) is 15.4 Å². The molecule has 0 saturated heterocycles. The van der Waals surface area contributed by atoms with Crippen LogP contribution in [0.15, 0.2) is 29.1 Å². The van der Waals surface area contributed by atoms with E-state index in [1.807, 2.05) is 6.92 Å². The van der Waals surface area contributed by atoms with Crippen LogP contribution in [0.2, 0.25) is 5.15 Å². The Balaban J connectivity index is 2.01. The first-order chi connectivity index (χ1) is 11.0. The first-order valence-corrected chi connectivity index (χ1v) is 9.00. The van der Waals surface area contributed by atoms with E-state index < -0.39 is 0 Å². The molecule has 0 radical (unpaired) electrons. The Hall–Kier alpha value is -1.000. The molecule has 2 aromatic heterocycles. The molecule has 0 fully saturated rings. The molecule has 0 spiro atoms. The highest BCUT2D eigenvalue weighted by atomic mass is 127. The number of aromatic nitrogens is 5. The Labute approximate surface area is 159 Å². The standard InChI is InChI=1S/C14H11BrClFIN5/c1-2-22-12(15)10(13(16)21-22)6-23-14(19-7-20-23)9-4-3-8(17)5-11(9)18/h3-5,7H,2,6H2,1H3. The fourth-order valence-corrected chi connectivity index (χ4v) is 3.92. The third-order valence-corrected chi connectivity index (χ3v) is 5.41. The average molecular weight is 511 g/mol. The zero-order valence-electron chi connectivity index (χ0n) is 12.0. The molecule has 0 saturated carbocycles.